The molecule has 3 rings (SSSR count). The molecule has 1 heterocycles. The van der Waals surface area contributed by atoms with Gasteiger partial charge in [0, 0.05) is 34.4 Å². The summed E-state index contributed by atoms with van der Waals surface area (Å²) in [7, 11) is 3.27. The number of Topliss-reactive ketones (excluding diaryl/α,β-unsaturated/α-hetero) is 1. The van der Waals surface area contributed by atoms with Crippen LogP contribution in [0.25, 0.3) is 21.8 Å². The largest absolute Gasteiger partial charge is 0.465 e. The van der Waals surface area contributed by atoms with Gasteiger partial charge >= 0.3 is 5.97 Å². The Morgan fingerprint density at radius 1 is 1.00 bits per heavy atom. The lowest BCUT2D eigenvalue weighted by atomic mass is 10.0. The molecule has 0 fully saturated rings. The van der Waals surface area contributed by atoms with Gasteiger partial charge in [-0.3, -0.25) is 4.79 Å². The third-order valence-electron chi connectivity index (χ3n) is 3.84. The van der Waals surface area contributed by atoms with Crippen molar-refractivity contribution in [3.05, 3.63) is 47.5 Å². The molecule has 0 aliphatic heterocycles. The third-order valence-corrected chi connectivity index (χ3v) is 3.84. The van der Waals surface area contributed by atoms with Crippen molar-refractivity contribution in [2.75, 3.05) is 7.11 Å². The van der Waals surface area contributed by atoms with E-state index in [0.717, 1.165) is 21.8 Å². The summed E-state index contributed by atoms with van der Waals surface area (Å²) < 4.78 is 6.82. The van der Waals surface area contributed by atoms with Crippen LogP contribution < -0.4 is 0 Å². The van der Waals surface area contributed by atoms with E-state index in [-0.39, 0.29) is 5.78 Å². The van der Waals surface area contributed by atoms with Crippen LogP contribution in [0.4, 0.5) is 0 Å². The highest BCUT2D eigenvalue weighted by Gasteiger charge is 2.19. The van der Waals surface area contributed by atoms with Crippen LogP contribution >= 0.6 is 0 Å². The van der Waals surface area contributed by atoms with Crippen molar-refractivity contribution in [3.63, 3.8) is 0 Å². The molecule has 0 bridgehead atoms. The summed E-state index contributed by atoms with van der Waals surface area (Å²) in [5.74, 6) is -0.641. The summed E-state index contributed by atoms with van der Waals surface area (Å²) in [4.78, 5) is 23.8. The number of hydrogen-bond acceptors (Lipinski definition) is 3. The molecule has 21 heavy (non-hydrogen) atoms. The fourth-order valence-corrected chi connectivity index (χ4v) is 2.78. The number of hydrogen-bond donors (Lipinski definition) is 0. The number of aryl methyl sites for hydroxylation is 1. The second-order valence-electron chi connectivity index (χ2n) is 5.04. The van der Waals surface area contributed by atoms with Gasteiger partial charge in [-0.2, -0.15) is 0 Å². The predicted molar refractivity (Wildman–Crippen MR) is 81.8 cm³/mol. The standard InChI is InChI=1S/C17H15NO3/c1-10(19)12-9-16-13(8-14(12)17(20)21-3)11-6-4-5-7-15(11)18(16)2/h4-9H,1-3H3. The second-order valence-corrected chi connectivity index (χ2v) is 5.04. The Balaban J connectivity index is 2.48. The number of carbonyl (C=O) groups is 2. The van der Waals surface area contributed by atoms with Gasteiger partial charge in [0.15, 0.2) is 5.78 Å². The van der Waals surface area contributed by atoms with Crippen LogP contribution in [0.15, 0.2) is 36.4 Å². The minimum absolute atomic E-state index is 0.150. The number of ether oxygens (including phenoxy) is 1. The molecule has 0 unspecified atom stereocenters. The number of aromatic nitrogens is 1. The van der Waals surface area contributed by atoms with Crippen LogP contribution in [0.2, 0.25) is 0 Å². The molecule has 0 N–H and O–H groups in total. The minimum atomic E-state index is -0.491. The highest BCUT2D eigenvalue weighted by molar-refractivity contribution is 6.14. The van der Waals surface area contributed by atoms with Crippen molar-refractivity contribution < 1.29 is 14.3 Å². The lowest BCUT2D eigenvalue weighted by Gasteiger charge is -2.07. The van der Waals surface area contributed by atoms with Crippen LogP contribution in [-0.2, 0) is 11.8 Å². The van der Waals surface area contributed by atoms with E-state index in [0.29, 0.717) is 11.1 Å². The first kappa shape index (κ1) is 13.4. The van der Waals surface area contributed by atoms with E-state index < -0.39 is 5.97 Å². The number of esters is 1. The van der Waals surface area contributed by atoms with E-state index in [4.69, 9.17) is 4.74 Å². The Kier molecular flexibility index (Phi) is 3.01. The fourth-order valence-electron chi connectivity index (χ4n) is 2.78. The first-order chi connectivity index (χ1) is 10.0. The average Bonchev–Trinajstić information content (AvgIpc) is 2.78. The van der Waals surface area contributed by atoms with Gasteiger partial charge in [-0.15, -0.1) is 0 Å². The van der Waals surface area contributed by atoms with Crippen LogP contribution in [-0.4, -0.2) is 23.4 Å². The van der Waals surface area contributed by atoms with Gasteiger partial charge in [0.25, 0.3) is 0 Å². The zero-order valence-corrected chi connectivity index (χ0v) is 12.1. The Morgan fingerprint density at radius 3 is 2.38 bits per heavy atom. The highest BCUT2D eigenvalue weighted by atomic mass is 16.5. The summed E-state index contributed by atoms with van der Waals surface area (Å²) in [5, 5.41) is 1.99. The Labute approximate surface area is 121 Å². The summed E-state index contributed by atoms with van der Waals surface area (Å²) in [6.07, 6.45) is 0. The molecule has 0 saturated carbocycles. The predicted octanol–water partition coefficient (Wildman–Crippen LogP) is 3.32. The molecule has 2 aromatic carbocycles. The number of benzene rings is 2. The minimum Gasteiger partial charge on any atom is -0.465 e. The van der Waals surface area contributed by atoms with Crippen LogP contribution in [0.1, 0.15) is 27.6 Å². The summed E-state index contributed by atoms with van der Waals surface area (Å²) in [6, 6.07) is 11.5. The lowest BCUT2D eigenvalue weighted by molar-refractivity contribution is 0.0597. The highest BCUT2D eigenvalue weighted by Crippen LogP contribution is 2.30. The molecule has 106 valence electrons. The van der Waals surface area contributed by atoms with Crippen molar-refractivity contribution in [2.45, 2.75) is 6.92 Å². The number of nitrogens with zero attached hydrogens (tertiary/aromatic N) is 1. The van der Waals surface area contributed by atoms with E-state index in [1.54, 1.807) is 12.1 Å². The SMILES string of the molecule is COC(=O)c1cc2c3ccccc3n(C)c2cc1C(C)=O. The van der Waals surface area contributed by atoms with Crippen molar-refractivity contribution in [2.24, 2.45) is 7.05 Å². The van der Waals surface area contributed by atoms with Gasteiger partial charge in [0.05, 0.1) is 12.7 Å². The summed E-state index contributed by atoms with van der Waals surface area (Å²) in [6.45, 7) is 1.45. The number of rotatable bonds is 2. The number of fused-ring (bicyclic) bond motifs is 3. The van der Waals surface area contributed by atoms with E-state index in [1.165, 1.54) is 14.0 Å². The van der Waals surface area contributed by atoms with Crippen molar-refractivity contribution >= 4 is 33.6 Å². The molecule has 0 spiro atoms. The van der Waals surface area contributed by atoms with Gasteiger partial charge in [-0.05, 0) is 25.1 Å². The van der Waals surface area contributed by atoms with Gasteiger partial charge < -0.3 is 9.30 Å². The molecule has 4 heteroatoms. The smallest absolute Gasteiger partial charge is 0.338 e. The van der Waals surface area contributed by atoms with E-state index in [9.17, 15) is 9.59 Å². The van der Waals surface area contributed by atoms with Crippen LogP contribution in [0, 0.1) is 0 Å². The number of para-hydroxylation sites is 1. The first-order valence-electron chi connectivity index (χ1n) is 6.65. The molecule has 0 aliphatic rings. The van der Waals surface area contributed by atoms with Gasteiger partial charge in [0.1, 0.15) is 0 Å². The van der Waals surface area contributed by atoms with Gasteiger partial charge in [-0.25, -0.2) is 4.79 Å². The van der Waals surface area contributed by atoms with E-state index in [1.807, 2.05) is 35.9 Å². The maximum atomic E-state index is 11.9. The monoisotopic (exact) mass is 281 g/mol. The van der Waals surface area contributed by atoms with E-state index in [2.05, 4.69) is 0 Å². The maximum Gasteiger partial charge on any atom is 0.338 e. The average molecular weight is 281 g/mol. The summed E-state index contributed by atoms with van der Waals surface area (Å²) >= 11 is 0. The maximum absolute atomic E-state index is 11.9. The number of methoxy groups -OCH3 is 1. The van der Waals surface area contributed by atoms with E-state index >= 15 is 0 Å². The van der Waals surface area contributed by atoms with Crippen LogP contribution in [0.3, 0.4) is 0 Å². The molecule has 1 aromatic heterocycles. The number of ketones is 1. The fraction of sp³-hybridized carbons (Fsp3) is 0.176. The Hall–Kier alpha value is -2.62. The molecular formula is C17H15NO3. The topological polar surface area (TPSA) is 48.3 Å². The van der Waals surface area contributed by atoms with Crippen molar-refractivity contribution in [1.82, 2.24) is 4.57 Å². The van der Waals surface area contributed by atoms with Gasteiger partial charge in [-0.1, -0.05) is 18.2 Å². The first-order valence-corrected chi connectivity index (χ1v) is 6.65. The molecule has 0 atom stereocenters. The quantitative estimate of drug-likeness (QED) is 0.535. The molecule has 0 aliphatic carbocycles. The Morgan fingerprint density at radius 2 is 1.71 bits per heavy atom. The zero-order chi connectivity index (χ0) is 15.1. The molecule has 0 amide bonds. The normalized spacial score (nSPS) is 11.0. The van der Waals surface area contributed by atoms with Crippen LogP contribution in [0.5, 0.6) is 0 Å². The molecule has 0 saturated heterocycles. The molecule has 0 radical (unpaired) electrons. The second kappa shape index (κ2) is 4.74. The molecular weight excluding hydrogens is 266 g/mol. The van der Waals surface area contributed by atoms with Crippen molar-refractivity contribution in [1.29, 1.82) is 0 Å². The molecule has 3 aromatic rings. The van der Waals surface area contributed by atoms with Crippen molar-refractivity contribution in [3.8, 4) is 0 Å². The summed E-state index contributed by atoms with van der Waals surface area (Å²) in [5.41, 5.74) is 2.69. The third kappa shape index (κ3) is 1.91. The lowest BCUT2D eigenvalue weighted by Crippen LogP contribution is -2.08. The zero-order valence-electron chi connectivity index (χ0n) is 12.1. The Bertz CT molecular complexity index is 890. The number of carbonyl (C=O) groups excluding carboxylic acids is 2. The molecule has 4 nitrogen and oxygen atoms in total. The van der Waals surface area contributed by atoms with Gasteiger partial charge in [0.2, 0.25) is 0 Å².